The number of anilines is 2. The third-order valence-corrected chi connectivity index (χ3v) is 6.89. The molecule has 1 saturated heterocycles. The molecule has 7 rings (SSSR count). The minimum absolute atomic E-state index is 0.0264. The highest BCUT2D eigenvalue weighted by Crippen LogP contribution is 2.57. The Hall–Kier alpha value is -3.97. The van der Waals surface area contributed by atoms with Gasteiger partial charge in [-0.25, -0.2) is 19.2 Å². The van der Waals surface area contributed by atoms with Crippen molar-refractivity contribution in [3.8, 4) is 6.07 Å². The van der Waals surface area contributed by atoms with E-state index in [2.05, 4.69) is 35.5 Å². The van der Waals surface area contributed by atoms with Crippen molar-refractivity contribution in [1.82, 2.24) is 29.9 Å². The van der Waals surface area contributed by atoms with Crippen LogP contribution in [-0.2, 0) is 20.8 Å². The lowest BCUT2D eigenvalue weighted by molar-refractivity contribution is -0.330. The summed E-state index contributed by atoms with van der Waals surface area (Å²) in [6, 6.07) is 4.59. The zero-order valence-corrected chi connectivity index (χ0v) is 19.5. The molecule has 4 aliphatic rings. The lowest BCUT2D eigenvalue weighted by Crippen LogP contribution is -2.68. The third-order valence-electron chi connectivity index (χ3n) is 6.89. The normalized spacial score (nSPS) is 27.9. The van der Waals surface area contributed by atoms with Crippen LogP contribution >= 0.6 is 0 Å². The molecule has 1 amide bonds. The Balaban J connectivity index is 1.13. The number of aromatic nitrogens is 5. The van der Waals surface area contributed by atoms with E-state index >= 15 is 4.39 Å². The molecule has 3 N–H and O–H groups in total. The van der Waals surface area contributed by atoms with Crippen molar-refractivity contribution < 1.29 is 36.6 Å². The zero-order chi connectivity index (χ0) is 26.7. The summed E-state index contributed by atoms with van der Waals surface area (Å²) in [4.78, 5) is 20.3. The largest absolute Gasteiger partial charge is 0.522 e. The molecule has 3 aromatic heterocycles. The van der Waals surface area contributed by atoms with E-state index in [9.17, 15) is 23.2 Å². The van der Waals surface area contributed by atoms with E-state index in [-0.39, 0.29) is 46.6 Å². The van der Waals surface area contributed by atoms with Crippen LogP contribution in [-0.4, -0.2) is 61.4 Å². The second kappa shape index (κ2) is 8.81. The maximum Gasteiger partial charge on any atom is 0.522 e. The van der Waals surface area contributed by atoms with Crippen molar-refractivity contribution in [1.29, 1.82) is 5.26 Å². The monoisotopic (exact) mass is 536 g/mol. The molecule has 200 valence electrons. The Morgan fingerprint density at radius 1 is 1.32 bits per heavy atom. The predicted molar refractivity (Wildman–Crippen MR) is 117 cm³/mol. The second-order valence-electron chi connectivity index (χ2n) is 9.63. The van der Waals surface area contributed by atoms with Crippen LogP contribution in [0.1, 0.15) is 42.4 Å². The minimum atomic E-state index is -4.83. The fraction of sp³-hybridized carbons (Fsp3) is 0.500. The topological polar surface area (TPSA) is 151 Å². The Morgan fingerprint density at radius 3 is 2.79 bits per heavy atom. The standard InChI is InChI=1S/C22H20F4N8O4/c23-17-14(38-20(35)31-21-3-10(4-21)5-21)9-36-18(17)13-2-15(33-32-13)30-19-29-11(6-27)1-16-28-12(7-34(16)19)8-37-22(24,25)26/h1-2,7,10,14,17-18H,3-5,8-9H2,(H,31,35)(H2,29,30,32,33)/t10?,14-,17+,18-,21?/m1/s1. The number of nitrogens with zero attached hydrogens (tertiary/aromatic N) is 5. The number of alkyl carbamates (subject to hydrolysis) is 1. The molecule has 0 unspecified atom stereocenters. The van der Waals surface area contributed by atoms with Gasteiger partial charge in [0.1, 0.15) is 23.5 Å². The Morgan fingerprint density at radius 2 is 2.11 bits per heavy atom. The molecule has 3 saturated carbocycles. The van der Waals surface area contributed by atoms with Gasteiger partial charge < -0.3 is 20.1 Å². The highest BCUT2D eigenvalue weighted by atomic mass is 19.4. The molecular weight excluding hydrogens is 516 g/mol. The number of fused-ring (bicyclic) bond motifs is 1. The molecule has 0 spiro atoms. The first-order chi connectivity index (χ1) is 18.1. The fourth-order valence-electron chi connectivity index (χ4n) is 5.02. The van der Waals surface area contributed by atoms with Gasteiger partial charge in [0.15, 0.2) is 18.1 Å². The van der Waals surface area contributed by atoms with Crippen LogP contribution in [0.5, 0.6) is 0 Å². The Labute approximate surface area is 211 Å². The van der Waals surface area contributed by atoms with Gasteiger partial charge in [-0.05, 0) is 25.2 Å². The van der Waals surface area contributed by atoms with Gasteiger partial charge in [0.05, 0.1) is 24.6 Å². The second-order valence-corrected chi connectivity index (χ2v) is 9.63. The molecule has 38 heavy (non-hydrogen) atoms. The van der Waals surface area contributed by atoms with Crippen molar-refractivity contribution in [2.75, 3.05) is 11.9 Å². The molecule has 3 atom stereocenters. The molecule has 0 radical (unpaired) electrons. The number of H-pyrrole nitrogens is 1. The molecule has 0 aromatic carbocycles. The lowest BCUT2D eigenvalue weighted by atomic mass is 9.50. The van der Waals surface area contributed by atoms with Crippen LogP contribution in [0, 0.1) is 17.2 Å². The van der Waals surface area contributed by atoms with E-state index in [1.807, 2.05) is 6.07 Å². The van der Waals surface area contributed by atoms with Crippen molar-refractivity contribution in [2.45, 2.75) is 56.2 Å². The number of nitriles is 1. The zero-order valence-electron chi connectivity index (χ0n) is 19.5. The van der Waals surface area contributed by atoms with Crippen molar-refractivity contribution in [2.24, 2.45) is 5.92 Å². The van der Waals surface area contributed by atoms with Gasteiger partial charge in [-0.2, -0.15) is 10.4 Å². The lowest BCUT2D eigenvalue weighted by Gasteiger charge is -2.61. The van der Waals surface area contributed by atoms with E-state index in [0.717, 1.165) is 19.3 Å². The maximum atomic E-state index is 15.1. The Bertz CT molecular complexity index is 1420. The van der Waals surface area contributed by atoms with E-state index in [1.165, 1.54) is 22.7 Å². The summed E-state index contributed by atoms with van der Waals surface area (Å²) in [6.45, 7) is -0.973. The summed E-state index contributed by atoms with van der Waals surface area (Å²) in [6.07, 6.45) is -5.28. The molecule has 4 heterocycles. The number of halogens is 4. The molecule has 16 heteroatoms. The smallest absolute Gasteiger partial charge is 0.441 e. The highest BCUT2D eigenvalue weighted by molar-refractivity contribution is 5.69. The van der Waals surface area contributed by atoms with Crippen molar-refractivity contribution in [3.63, 3.8) is 0 Å². The first-order valence-corrected chi connectivity index (χ1v) is 11.7. The van der Waals surface area contributed by atoms with Crippen LogP contribution < -0.4 is 10.6 Å². The first kappa shape index (κ1) is 24.4. The molecule has 12 nitrogen and oxygen atoms in total. The van der Waals surface area contributed by atoms with E-state index in [0.29, 0.717) is 5.92 Å². The molecule has 4 fully saturated rings. The summed E-state index contributed by atoms with van der Waals surface area (Å²) < 4.78 is 68.2. The number of carbonyl (C=O) groups excluding carboxylic acids is 1. The number of alkyl halides is 4. The number of nitrogens with one attached hydrogen (secondary N) is 3. The van der Waals surface area contributed by atoms with Gasteiger partial charge in [0, 0.05) is 23.9 Å². The number of hydrogen-bond acceptors (Lipinski definition) is 9. The third kappa shape index (κ3) is 4.58. The average molecular weight is 536 g/mol. The van der Waals surface area contributed by atoms with Gasteiger partial charge in [-0.15, -0.1) is 13.2 Å². The van der Waals surface area contributed by atoms with Crippen LogP contribution in [0.4, 0.5) is 34.1 Å². The molecule has 3 aliphatic carbocycles. The number of imidazole rings is 1. The van der Waals surface area contributed by atoms with Gasteiger partial charge in [-0.1, -0.05) is 0 Å². The van der Waals surface area contributed by atoms with Crippen molar-refractivity contribution >= 4 is 23.5 Å². The summed E-state index contributed by atoms with van der Waals surface area (Å²) in [5, 5.41) is 21.6. The number of rotatable bonds is 7. The number of amides is 1. The van der Waals surface area contributed by atoms with Crippen LogP contribution in [0.3, 0.4) is 0 Å². The summed E-state index contributed by atoms with van der Waals surface area (Å²) >= 11 is 0. The number of hydrogen-bond donors (Lipinski definition) is 3. The van der Waals surface area contributed by atoms with Gasteiger partial charge >= 0.3 is 12.5 Å². The number of carbonyl (C=O) groups is 1. The van der Waals surface area contributed by atoms with Crippen LogP contribution in [0.25, 0.3) is 5.65 Å². The average Bonchev–Trinajstić information content (AvgIpc) is 3.53. The van der Waals surface area contributed by atoms with Crippen molar-refractivity contribution in [3.05, 3.63) is 35.4 Å². The summed E-state index contributed by atoms with van der Waals surface area (Å²) in [7, 11) is 0. The summed E-state index contributed by atoms with van der Waals surface area (Å²) in [5.41, 5.74) is 0.109. The van der Waals surface area contributed by atoms with Gasteiger partial charge in [0.2, 0.25) is 5.95 Å². The van der Waals surface area contributed by atoms with Crippen LogP contribution in [0.15, 0.2) is 18.3 Å². The minimum Gasteiger partial charge on any atom is -0.441 e. The van der Waals surface area contributed by atoms with Crippen LogP contribution in [0.2, 0.25) is 0 Å². The van der Waals surface area contributed by atoms with E-state index < -0.39 is 37.4 Å². The quantitative estimate of drug-likeness (QED) is 0.387. The van der Waals surface area contributed by atoms with E-state index in [4.69, 9.17) is 9.47 Å². The molecular formula is C22H20F4N8O4. The maximum absolute atomic E-state index is 15.1. The first-order valence-electron chi connectivity index (χ1n) is 11.7. The predicted octanol–water partition coefficient (Wildman–Crippen LogP) is 3.16. The fourth-order valence-corrected chi connectivity index (χ4v) is 5.02. The SMILES string of the molecule is N#Cc1cc2nc(COC(F)(F)F)cn2c(Nc2cc([C@H]3OC[C@@H](OC(=O)NC45CC(C4)C5)[C@@H]3F)[nH]n2)n1. The molecule has 3 aromatic rings. The highest BCUT2D eigenvalue weighted by Gasteiger charge is 2.58. The Kier molecular flexibility index (Phi) is 5.65. The van der Waals surface area contributed by atoms with Gasteiger partial charge in [0.25, 0.3) is 0 Å². The number of ether oxygens (including phenoxy) is 3. The van der Waals surface area contributed by atoms with Gasteiger partial charge in [-0.3, -0.25) is 14.2 Å². The molecule has 2 bridgehead atoms. The van der Waals surface area contributed by atoms with E-state index in [1.54, 1.807) is 0 Å². The number of aromatic amines is 1. The summed E-state index contributed by atoms with van der Waals surface area (Å²) in [5.74, 6) is 0.852. The molecule has 1 aliphatic heterocycles.